The highest BCUT2D eigenvalue weighted by atomic mass is 16.4. The maximum Gasteiger partial charge on any atom is 0.318 e. The third kappa shape index (κ3) is 4.71. The molecular formula is C13H23N3O4. The molecule has 3 N–H and O–H groups in total. The molecule has 0 aromatic carbocycles. The summed E-state index contributed by atoms with van der Waals surface area (Å²) in [6, 6.07) is -1.02. The first-order chi connectivity index (χ1) is 9.31. The van der Waals surface area contributed by atoms with Crippen molar-refractivity contribution in [2.45, 2.75) is 45.7 Å². The van der Waals surface area contributed by atoms with E-state index in [4.69, 9.17) is 5.11 Å². The van der Waals surface area contributed by atoms with Gasteiger partial charge >= 0.3 is 12.0 Å². The van der Waals surface area contributed by atoms with Crippen LogP contribution in [0, 0.1) is 5.92 Å². The molecule has 0 aromatic rings. The third-order valence-corrected chi connectivity index (χ3v) is 3.22. The number of likely N-dealkylation sites (tertiary alicyclic amines) is 1. The summed E-state index contributed by atoms with van der Waals surface area (Å²) in [6.07, 6.45) is 1.25. The van der Waals surface area contributed by atoms with Crippen molar-refractivity contribution in [1.82, 2.24) is 15.5 Å². The van der Waals surface area contributed by atoms with Crippen LogP contribution in [0.1, 0.15) is 33.6 Å². The lowest BCUT2D eigenvalue weighted by Crippen LogP contribution is -2.53. The number of carboxylic acids is 1. The van der Waals surface area contributed by atoms with Gasteiger partial charge < -0.3 is 20.6 Å². The van der Waals surface area contributed by atoms with Gasteiger partial charge in [-0.05, 0) is 33.6 Å². The van der Waals surface area contributed by atoms with Crippen LogP contribution in [-0.2, 0) is 9.59 Å². The maximum atomic E-state index is 12.0. The molecule has 114 valence electrons. The molecule has 3 amide bonds. The van der Waals surface area contributed by atoms with Crippen molar-refractivity contribution in [2.75, 3.05) is 13.1 Å². The number of hydrogen-bond donors (Lipinski definition) is 3. The number of amides is 3. The van der Waals surface area contributed by atoms with E-state index in [1.165, 1.54) is 4.90 Å². The van der Waals surface area contributed by atoms with Crippen molar-refractivity contribution in [2.24, 2.45) is 5.92 Å². The Morgan fingerprint density at radius 1 is 1.20 bits per heavy atom. The Hall–Kier alpha value is -1.79. The zero-order valence-electron chi connectivity index (χ0n) is 12.2. The number of hydrogen-bond acceptors (Lipinski definition) is 3. The van der Waals surface area contributed by atoms with Crippen LogP contribution in [0.15, 0.2) is 0 Å². The van der Waals surface area contributed by atoms with E-state index in [2.05, 4.69) is 10.6 Å². The number of carbonyl (C=O) groups is 3. The number of piperidine rings is 1. The Labute approximate surface area is 118 Å². The Kier molecular flexibility index (Phi) is 5.79. The highest BCUT2D eigenvalue weighted by Gasteiger charge is 2.29. The van der Waals surface area contributed by atoms with Crippen molar-refractivity contribution < 1.29 is 19.5 Å². The van der Waals surface area contributed by atoms with Crippen LogP contribution in [-0.4, -0.2) is 53.1 Å². The van der Waals surface area contributed by atoms with E-state index in [9.17, 15) is 14.4 Å². The summed E-state index contributed by atoms with van der Waals surface area (Å²) >= 11 is 0. The topological polar surface area (TPSA) is 98.7 Å². The van der Waals surface area contributed by atoms with Crippen LogP contribution < -0.4 is 10.6 Å². The smallest absolute Gasteiger partial charge is 0.318 e. The number of nitrogens with zero attached hydrogens (tertiary/aromatic N) is 1. The molecule has 7 nitrogen and oxygen atoms in total. The number of rotatable bonds is 4. The van der Waals surface area contributed by atoms with Crippen LogP contribution in [0.3, 0.4) is 0 Å². The van der Waals surface area contributed by atoms with E-state index in [1.54, 1.807) is 6.92 Å². The van der Waals surface area contributed by atoms with Gasteiger partial charge in [0, 0.05) is 19.1 Å². The van der Waals surface area contributed by atoms with Crippen LogP contribution in [0.4, 0.5) is 4.79 Å². The normalized spacial score (nSPS) is 20.4. The molecule has 2 unspecified atom stereocenters. The minimum absolute atomic E-state index is 0.00762. The highest BCUT2D eigenvalue weighted by Crippen LogP contribution is 2.16. The SMILES string of the molecule is CC(C)NC(=O)C(C)NC(=O)N1CCCC(C(=O)O)C1. The van der Waals surface area contributed by atoms with Crippen LogP contribution in [0.2, 0.25) is 0 Å². The molecule has 1 aliphatic rings. The molecule has 0 saturated carbocycles. The lowest BCUT2D eigenvalue weighted by molar-refractivity contribution is -0.143. The van der Waals surface area contributed by atoms with Crippen molar-refractivity contribution in [1.29, 1.82) is 0 Å². The predicted molar refractivity (Wildman–Crippen MR) is 73.2 cm³/mol. The summed E-state index contributed by atoms with van der Waals surface area (Å²) < 4.78 is 0. The summed E-state index contributed by atoms with van der Waals surface area (Å²) in [5, 5.41) is 14.3. The molecule has 20 heavy (non-hydrogen) atoms. The number of carbonyl (C=O) groups excluding carboxylic acids is 2. The van der Waals surface area contributed by atoms with Gasteiger partial charge in [-0.2, -0.15) is 0 Å². The number of carboxylic acid groups (broad SMARTS) is 1. The summed E-state index contributed by atoms with van der Waals surface area (Å²) in [5.74, 6) is -1.65. The molecule has 0 spiro atoms. The Morgan fingerprint density at radius 3 is 2.40 bits per heavy atom. The molecule has 0 aliphatic carbocycles. The largest absolute Gasteiger partial charge is 0.481 e. The predicted octanol–water partition coefficient (Wildman–Crippen LogP) is 0.406. The van der Waals surface area contributed by atoms with Gasteiger partial charge in [0.05, 0.1) is 5.92 Å². The molecule has 1 rings (SSSR count). The van der Waals surface area contributed by atoms with Gasteiger partial charge in [-0.25, -0.2) is 4.79 Å². The van der Waals surface area contributed by atoms with E-state index < -0.39 is 17.9 Å². The second-order valence-corrected chi connectivity index (χ2v) is 5.46. The summed E-state index contributed by atoms with van der Waals surface area (Å²) in [6.45, 7) is 6.01. The molecule has 2 atom stereocenters. The van der Waals surface area contributed by atoms with Crippen molar-refractivity contribution in [3.63, 3.8) is 0 Å². The first-order valence-corrected chi connectivity index (χ1v) is 6.90. The molecule has 0 aromatic heterocycles. The summed E-state index contributed by atoms with van der Waals surface area (Å²) in [4.78, 5) is 36.1. The average molecular weight is 285 g/mol. The maximum absolute atomic E-state index is 12.0. The lowest BCUT2D eigenvalue weighted by Gasteiger charge is -2.31. The Morgan fingerprint density at radius 2 is 1.85 bits per heavy atom. The fourth-order valence-corrected chi connectivity index (χ4v) is 2.11. The minimum Gasteiger partial charge on any atom is -0.481 e. The van der Waals surface area contributed by atoms with Gasteiger partial charge in [0.25, 0.3) is 0 Å². The van der Waals surface area contributed by atoms with E-state index in [-0.39, 0.29) is 24.5 Å². The quantitative estimate of drug-likeness (QED) is 0.696. The van der Waals surface area contributed by atoms with E-state index >= 15 is 0 Å². The fourth-order valence-electron chi connectivity index (χ4n) is 2.11. The molecule has 1 aliphatic heterocycles. The van der Waals surface area contributed by atoms with Crippen molar-refractivity contribution in [3.8, 4) is 0 Å². The molecule has 1 heterocycles. The van der Waals surface area contributed by atoms with Crippen LogP contribution in [0.5, 0.6) is 0 Å². The first-order valence-electron chi connectivity index (χ1n) is 6.90. The summed E-state index contributed by atoms with van der Waals surface area (Å²) in [7, 11) is 0. The third-order valence-electron chi connectivity index (χ3n) is 3.22. The molecule has 1 saturated heterocycles. The van der Waals surface area contributed by atoms with E-state index in [1.807, 2.05) is 13.8 Å². The minimum atomic E-state index is -0.881. The monoisotopic (exact) mass is 285 g/mol. The van der Waals surface area contributed by atoms with Crippen LogP contribution >= 0.6 is 0 Å². The first kappa shape index (κ1) is 16.3. The van der Waals surface area contributed by atoms with Crippen molar-refractivity contribution in [3.05, 3.63) is 0 Å². The Balaban J connectivity index is 2.49. The van der Waals surface area contributed by atoms with Gasteiger partial charge in [-0.1, -0.05) is 0 Å². The zero-order valence-corrected chi connectivity index (χ0v) is 12.2. The van der Waals surface area contributed by atoms with Gasteiger partial charge in [0.1, 0.15) is 6.04 Å². The lowest BCUT2D eigenvalue weighted by atomic mass is 9.99. The summed E-state index contributed by atoms with van der Waals surface area (Å²) in [5.41, 5.74) is 0. The van der Waals surface area contributed by atoms with Crippen LogP contribution in [0.25, 0.3) is 0 Å². The molecule has 1 fully saturated rings. The molecule has 7 heteroatoms. The second kappa shape index (κ2) is 7.12. The molecular weight excluding hydrogens is 262 g/mol. The number of urea groups is 1. The number of aliphatic carboxylic acids is 1. The average Bonchev–Trinajstić information content (AvgIpc) is 2.37. The fraction of sp³-hybridized carbons (Fsp3) is 0.769. The van der Waals surface area contributed by atoms with Crippen molar-refractivity contribution >= 4 is 17.9 Å². The molecule has 0 bridgehead atoms. The zero-order chi connectivity index (χ0) is 15.3. The second-order valence-electron chi connectivity index (χ2n) is 5.46. The van der Waals surface area contributed by atoms with Gasteiger partial charge in [-0.15, -0.1) is 0 Å². The van der Waals surface area contributed by atoms with Gasteiger partial charge in [0.15, 0.2) is 0 Å². The number of nitrogens with one attached hydrogen (secondary N) is 2. The van der Waals surface area contributed by atoms with E-state index in [0.29, 0.717) is 19.4 Å². The van der Waals surface area contributed by atoms with Gasteiger partial charge in [0.2, 0.25) is 5.91 Å². The highest BCUT2D eigenvalue weighted by molar-refractivity contribution is 5.87. The Bertz CT molecular complexity index is 384. The molecule has 0 radical (unpaired) electrons. The van der Waals surface area contributed by atoms with Gasteiger partial charge in [-0.3, -0.25) is 9.59 Å². The standard InChI is InChI=1S/C13H23N3O4/c1-8(2)14-11(17)9(3)15-13(20)16-6-4-5-10(7-16)12(18)19/h8-10H,4-7H2,1-3H3,(H,14,17)(H,15,20)(H,18,19). The van der Waals surface area contributed by atoms with E-state index in [0.717, 1.165) is 0 Å².